The van der Waals surface area contributed by atoms with Gasteiger partial charge in [0.1, 0.15) is 0 Å². The van der Waals surface area contributed by atoms with Crippen molar-refractivity contribution in [3.8, 4) is 11.5 Å². The van der Waals surface area contributed by atoms with Crippen molar-refractivity contribution in [2.75, 3.05) is 39.3 Å². The third kappa shape index (κ3) is 4.01. The van der Waals surface area contributed by atoms with Gasteiger partial charge in [-0.15, -0.1) is 0 Å². The molecule has 0 radical (unpaired) electrons. The van der Waals surface area contributed by atoms with Crippen molar-refractivity contribution in [2.24, 2.45) is 5.10 Å². The first kappa shape index (κ1) is 21.7. The van der Waals surface area contributed by atoms with Gasteiger partial charge in [0.2, 0.25) is 0 Å². The van der Waals surface area contributed by atoms with Gasteiger partial charge in [-0.2, -0.15) is 10.1 Å². The van der Waals surface area contributed by atoms with Crippen LogP contribution in [0.2, 0.25) is 0 Å². The summed E-state index contributed by atoms with van der Waals surface area (Å²) in [5.41, 5.74) is 4.93. The minimum absolute atomic E-state index is 0.287. The minimum Gasteiger partial charge on any atom is -0.493 e. The molecule has 2 N–H and O–H groups in total. The predicted molar refractivity (Wildman–Crippen MR) is 124 cm³/mol. The normalized spacial score (nSPS) is 17.8. The zero-order valence-corrected chi connectivity index (χ0v) is 18.8. The molecule has 1 atom stereocenters. The molecule has 168 valence electrons. The lowest BCUT2D eigenvalue weighted by molar-refractivity contribution is 0.198. The van der Waals surface area contributed by atoms with Crippen molar-refractivity contribution in [3.05, 3.63) is 58.8 Å². The first-order chi connectivity index (χ1) is 15.4. The van der Waals surface area contributed by atoms with E-state index in [2.05, 4.69) is 10.2 Å². The van der Waals surface area contributed by atoms with Crippen LogP contribution in [0.1, 0.15) is 30.0 Å². The number of aliphatic hydroxyl groups excluding tert-OH is 1. The molecule has 1 fully saturated rings. The van der Waals surface area contributed by atoms with E-state index in [1.54, 1.807) is 21.3 Å². The zero-order valence-electron chi connectivity index (χ0n) is 18.8. The monoisotopic (exact) mass is 436 g/mol. The highest BCUT2D eigenvalue weighted by molar-refractivity contribution is 6.16. The molecule has 0 aliphatic carbocycles. The van der Waals surface area contributed by atoms with Crippen LogP contribution in [0.25, 0.3) is 6.08 Å². The van der Waals surface area contributed by atoms with Crippen molar-refractivity contribution in [1.29, 1.82) is 0 Å². The summed E-state index contributed by atoms with van der Waals surface area (Å²) >= 11 is 0. The highest BCUT2D eigenvalue weighted by Gasteiger charge is 2.25. The van der Waals surface area contributed by atoms with Crippen LogP contribution in [0.4, 0.5) is 10.5 Å². The lowest BCUT2D eigenvalue weighted by Crippen LogP contribution is -2.33. The Bertz CT molecular complexity index is 1080. The zero-order chi connectivity index (χ0) is 22.8. The Labute approximate surface area is 187 Å². The third-order valence-electron chi connectivity index (χ3n) is 5.78. The first-order valence-corrected chi connectivity index (χ1v) is 10.5. The van der Waals surface area contributed by atoms with Gasteiger partial charge in [-0.25, -0.2) is 4.79 Å². The van der Waals surface area contributed by atoms with E-state index in [4.69, 9.17) is 14.6 Å². The highest BCUT2D eigenvalue weighted by atomic mass is 16.5. The number of β-amino-alcohol motifs (C(OH)–C–C–N with tert-alkyl or cyclic N) is 1. The van der Waals surface area contributed by atoms with Crippen molar-refractivity contribution >= 4 is 23.5 Å². The van der Waals surface area contributed by atoms with Gasteiger partial charge in [-0.05, 0) is 49.2 Å². The fourth-order valence-electron chi connectivity index (χ4n) is 4.07. The number of urea groups is 1. The van der Waals surface area contributed by atoms with E-state index in [9.17, 15) is 9.90 Å². The summed E-state index contributed by atoms with van der Waals surface area (Å²) in [4.78, 5) is 14.7. The number of aliphatic hydroxyl groups is 1. The van der Waals surface area contributed by atoms with E-state index in [1.807, 2.05) is 49.4 Å². The molecule has 8 nitrogen and oxygen atoms in total. The molecule has 0 aromatic heterocycles. The van der Waals surface area contributed by atoms with Crippen LogP contribution in [-0.2, 0) is 0 Å². The lowest BCUT2D eigenvalue weighted by atomic mass is 9.96. The Morgan fingerprint density at radius 3 is 2.44 bits per heavy atom. The fraction of sp³-hybridized carbons (Fsp3) is 0.333. The number of fused-ring (bicyclic) bond motifs is 1. The average Bonchev–Trinajstić information content (AvgIpc) is 3.19. The Kier molecular flexibility index (Phi) is 6.05. The summed E-state index contributed by atoms with van der Waals surface area (Å²) in [5, 5.41) is 18.6. The fourth-order valence-corrected chi connectivity index (χ4v) is 4.07. The Hall–Kier alpha value is -3.52. The van der Waals surface area contributed by atoms with Gasteiger partial charge in [-0.3, -0.25) is 0 Å². The molecular weight excluding hydrogens is 408 g/mol. The number of carbonyl (C=O) groups is 1. The lowest BCUT2D eigenvalue weighted by Gasteiger charge is -2.20. The van der Waals surface area contributed by atoms with Gasteiger partial charge in [0.05, 0.1) is 26.0 Å². The SMILES string of the molecule is CNC(=O)N1N=C(c2ccc(N3CC[C@@H](O)C3)cc2)c2cc(OC)c(OC)cc2C=C1C. The number of ether oxygens (including phenoxy) is 2. The van der Waals surface area contributed by atoms with Crippen LogP contribution in [0.5, 0.6) is 11.5 Å². The maximum atomic E-state index is 12.6. The van der Waals surface area contributed by atoms with Crippen LogP contribution < -0.4 is 19.7 Å². The number of rotatable bonds is 4. The van der Waals surface area contributed by atoms with E-state index in [1.165, 1.54) is 5.01 Å². The molecule has 2 aromatic carbocycles. The van der Waals surface area contributed by atoms with Crippen molar-refractivity contribution < 1.29 is 19.4 Å². The van der Waals surface area contributed by atoms with Crippen LogP contribution in [0.3, 0.4) is 0 Å². The first-order valence-electron chi connectivity index (χ1n) is 10.5. The highest BCUT2D eigenvalue weighted by Crippen LogP contribution is 2.35. The molecule has 2 aromatic rings. The number of amides is 2. The van der Waals surface area contributed by atoms with Crippen LogP contribution >= 0.6 is 0 Å². The van der Waals surface area contributed by atoms with E-state index >= 15 is 0 Å². The molecule has 2 heterocycles. The summed E-state index contributed by atoms with van der Waals surface area (Å²) in [5.74, 6) is 1.19. The molecule has 4 rings (SSSR count). The maximum absolute atomic E-state index is 12.6. The van der Waals surface area contributed by atoms with E-state index in [0.717, 1.165) is 35.3 Å². The number of methoxy groups -OCH3 is 2. The number of carbonyl (C=O) groups excluding carboxylic acids is 1. The number of nitrogens with one attached hydrogen (secondary N) is 1. The van der Waals surface area contributed by atoms with Crippen molar-refractivity contribution in [1.82, 2.24) is 10.3 Å². The second-order valence-corrected chi connectivity index (χ2v) is 7.83. The number of hydrogen-bond donors (Lipinski definition) is 2. The third-order valence-corrected chi connectivity index (χ3v) is 5.78. The number of hydrogen-bond acceptors (Lipinski definition) is 6. The molecule has 0 spiro atoms. The summed E-state index contributed by atoms with van der Waals surface area (Å²) < 4.78 is 11.0. The molecule has 2 amide bonds. The second-order valence-electron chi connectivity index (χ2n) is 7.83. The Morgan fingerprint density at radius 1 is 1.16 bits per heavy atom. The number of hydrazone groups is 1. The maximum Gasteiger partial charge on any atom is 0.342 e. The van der Waals surface area contributed by atoms with Crippen molar-refractivity contribution in [2.45, 2.75) is 19.4 Å². The van der Waals surface area contributed by atoms with Crippen LogP contribution in [0, 0.1) is 0 Å². The summed E-state index contributed by atoms with van der Waals surface area (Å²) in [6.07, 6.45) is 2.39. The van der Waals surface area contributed by atoms with Crippen LogP contribution in [-0.4, -0.2) is 62.3 Å². The van der Waals surface area contributed by atoms with Gasteiger partial charge < -0.3 is 24.8 Å². The summed E-state index contributed by atoms with van der Waals surface area (Å²) in [6.45, 7) is 3.30. The quantitative estimate of drug-likeness (QED) is 0.769. The number of benzene rings is 2. The van der Waals surface area contributed by atoms with Gasteiger partial charge in [-0.1, -0.05) is 12.1 Å². The van der Waals surface area contributed by atoms with Gasteiger partial charge in [0.15, 0.2) is 11.5 Å². The summed E-state index contributed by atoms with van der Waals surface area (Å²) in [6, 6.07) is 11.5. The topological polar surface area (TPSA) is 86.6 Å². The average molecular weight is 437 g/mol. The molecule has 1 saturated heterocycles. The number of anilines is 1. The molecule has 2 aliphatic heterocycles. The van der Waals surface area contributed by atoms with Gasteiger partial charge in [0.25, 0.3) is 0 Å². The smallest absolute Gasteiger partial charge is 0.342 e. The Morgan fingerprint density at radius 2 is 1.84 bits per heavy atom. The summed E-state index contributed by atoms with van der Waals surface area (Å²) in [7, 11) is 4.76. The molecular formula is C24H28N4O4. The standard InChI is InChI=1S/C24H28N4O4/c1-15-11-17-12-21(31-3)22(32-4)13-20(17)23(26-28(15)24(30)25-2)16-5-7-18(8-6-16)27-10-9-19(29)14-27/h5-8,11-13,19,29H,9-10,14H2,1-4H3,(H,25,30)/t19-/m1/s1. The van der Waals surface area contributed by atoms with E-state index in [0.29, 0.717) is 29.5 Å². The van der Waals surface area contributed by atoms with Crippen LogP contribution in [0.15, 0.2) is 47.2 Å². The molecule has 0 bridgehead atoms. The number of allylic oxidation sites excluding steroid dienone is 1. The minimum atomic E-state index is -0.328. The van der Waals surface area contributed by atoms with Gasteiger partial charge >= 0.3 is 6.03 Å². The molecule has 32 heavy (non-hydrogen) atoms. The number of nitrogens with zero attached hydrogens (tertiary/aromatic N) is 3. The predicted octanol–water partition coefficient (Wildman–Crippen LogP) is 3.04. The molecule has 0 unspecified atom stereocenters. The van der Waals surface area contributed by atoms with Crippen molar-refractivity contribution in [3.63, 3.8) is 0 Å². The van der Waals surface area contributed by atoms with E-state index in [-0.39, 0.29) is 12.1 Å². The van der Waals surface area contributed by atoms with Gasteiger partial charge in [0, 0.05) is 42.6 Å². The molecule has 0 saturated carbocycles. The Balaban J connectivity index is 1.82. The largest absolute Gasteiger partial charge is 0.493 e. The molecule has 8 heteroatoms. The second kappa shape index (κ2) is 8.92. The molecule has 2 aliphatic rings. The van der Waals surface area contributed by atoms with E-state index < -0.39 is 0 Å².